The Balaban J connectivity index is 1.93. The van der Waals surface area contributed by atoms with Crippen LogP contribution < -0.4 is 10.1 Å². The maximum Gasteiger partial charge on any atom is 0.391 e. The molecule has 134 valence electrons. The number of carbonyl (C=O) groups is 1. The first-order valence-electron chi connectivity index (χ1n) is 7.99. The number of hydrogen-bond acceptors (Lipinski definition) is 3. The van der Waals surface area contributed by atoms with E-state index in [1.165, 1.54) is 0 Å². The molecule has 0 bridgehead atoms. The van der Waals surface area contributed by atoms with Crippen molar-refractivity contribution in [2.75, 3.05) is 20.3 Å². The van der Waals surface area contributed by atoms with E-state index in [0.717, 1.165) is 0 Å². The molecule has 2 rings (SSSR count). The van der Waals surface area contributed by atoms with E-state index < -0.39 is 18.1 Å². The van der Waals surface area contributed by atoms with E-state index in [1.54, 1.807) is 31.4 Å². The Bertz CT molecular complexity index is 548. The highest BCUT2D eigenvalue weighted by Crippen LogP contribution is 2.37. The van der Waals surface area contributed by atoms with Crippen molar-refractivity contribution in [2.45, 2.75) is 37.9 Å². The monoisotopic (exact) mass is 345 g/mol. The lowest BCUT2D eigenvalue weighted by atomic mass is 9.85. The molecule has 1 saturated carbocycles. The molecule has 1 N–H and O–H groups in total. The zero-order valence-corrected chi connectivity index (χ0v) is 13.6. The maximum atomic E-state index is 12.8. The Kier molecular flexibility index (Phi) is 6.48. The van der Waals surface area contributed by atoms with Crippen LogP contribution in [0.25, 0.3) is 0 Å². The second-order valence-corrected chi connectivity index (χ2v) is 5.94. The number of ether oxygens (including phenoxy) is 2. The van der Waals surface area contributed by atoms with Gasteiger partial charge in [0.15, 0.2) is 0 Å². The lowest BCUT2D eigenvalue weighted by Crippen LogP contribution is -2.41. The molecule has 1 amide bonds. The Labute approximate surface area is 139 Å². The van der Waals surface area contributed by atoms with Gasteiger partial charge < -0.3 is 14.8 Å². The number of methoxy groups -OCH3 is 1. The summed E-state index contributed by atoms with van der Waals surface area (Å²) in [6.07, 6.45) is -3.08. The van der Waals surface area contributed by atoms with Crippen molar-refractivity contribution in [1.82, 2.24) is 5.32 Å². The summed E-state index contributed by atoms with van der Waals surface area (Å²) in [6, 6.07) is 6.14. The minimum Gasteiger partial charge on any atom is -0.491 e. The quantitative estimate of drug-likeness (QED) is 0.802. The van der Waals surface area contributed by atoms with E-state index in [1.807, 2.05) is 0 Å². The van der Waals surface area contributed by atoms with Gasteiger partial charge in [0.05, 0.1) is 12.5 Å². The normalized spacial score (nSPS) is 21.3. The minimum atomic E-state index is -4.20. The maximum absolute atomic E-state index is 12.8. The van der Waals surface area contributed by atoms with Gasteiger partial charge in [-0.15, -0.1) is 0 Å². The van der Waals surface area contributed by atoms with Gasteiger partial charge in [-0.25, -0.2) is 0 Å². The number of rotatable bonds is 6. The third-order valence-corrected chi connectivity index (χ3v) is 4.12. The van der Waals surface area contributed by atoms with E-state index in [9.17, 15) is 18.0 Å². The van der Waals surface area contributed by atoms with Crippen LogP contribution in [0.15, 0.2) is 24.3 Å². The van der Waals surface area contributed by atoms with Crippen molar-refractivity contribution in [3.63, 3.8) is 0 Å². The number of carbonyl (C=O) groups excluding carboxylic acids is 1. The highest BCUT2D eigenvalue weighted by atomic mass is 19.4. The Morgan fingerprint density at radius 2 is 2.08 bits per heavy atom. The van der Waals surface area contributed by atoms with Gasteiger partial charge in [-0.3, -0.25) is 4.79 Å². The van der Waals surface area contributed by atoms with Crippen molar-refractivity contribution in [3.05, 3.63) is 29.8 Å². The summed E-state index contributed by atoms with van der Waals surface area (Å²) < 4.78 is 48.8. The summed E-state index contributed by atoms with van der Waals surface area (Å²) in [6.45, 7) is 0.786. The summed E-state index contributed by atoms with van der Waals surface area (Å²) in [5.74, 6) is -1.18. The Morgan fingerprint density at radius 3 is 2.79 bits per heavy atom. The van der Waals surface area contributed by atoms with Gasteiger partial charge in [0.25, 0.3) is 5.91 Å². The second kappa shape index (κ2) is 8.37. The van der Waals surface area contributed by atoms with Crippen molar-refractivity contribution >= 4 is 5.91 Å². The number of benzene rings is 1. The fourth-order valence-corrected chi connectivity index (χ4v) is 2.86. The van der Waals surface area contributed by atoms with Crippen LogP contribution in [-0.2, 0) is 4.74 Å². The SMILES string of the molecule is COCCOc1cccc(C(=O)NC2CCCC(C(F)(F)F)C2)c1. The van der Waals surface area contributed by atoms with E-state index >= 15 is 0 Å². The predicted molar refractivity (Wildman–Crippen MR) is 83.1 cm³/mol. The van der Waals surface area contributed by atoms with E-state index in [-0.39, 0.29) is 18.7 Å². The molecule has 0 aliphatic heterocycles. The predicted octanol–water partition coefficient (Wildman–Crippen LogP) is 3.56. The van der Waals surface area contributed by atoms with Crippen LogP contribution >= 0.6 is 0 Å². The van der Waals surface area contributed by atoms with Crippen molar-refractivity contribution in [2.24, 2.45) is 5.92 Å². The smallest absolute Gasteiger partial charge is 0.391 e. The second-order valence-electron chi connectivity index (χ2n) is 5.94. The van der Waals surface area contributed by atoms with Gasteiger partial charge in [-0.05, 0) is 37.5 Å². The summed E-state index contributed by atoms with van der Waals surface area (Å²) in [5, 5.41) is 2.71. The lowest BCUT2D eigenvalue weighted by Gasteiger charge is -2.31. The van der Waals surface area contributed by atoms with Gasteiger partial charge in [-0.1, -0.05) is 12.5 Å². The first-order valence-corrected chi connectivity index (χ1v) is 7.99. The van der Waals surface area contributed by atoms with Crippen LogP contribution in [0.2, 0.25) is 0 Å². The molecule has 1 fully saturated rings. The molecular weight excluding hydrogens is 323 g/mol. The highest BCUT2D eigenvalue weighted by molar-refractivity contribution is 5.94. The summed E-state index contributed by atoms with van der Waals surface area (Å²) in [7, 11) is 1.56. The molecule has 0 radical (unpaired) electrons. The average molecular weight is 345 g/mol. The largest absolute Gasteiger partial charge is 0.491 e. The third-order valence-electron chi connectivity index (χ3n) is 4.12. The molecular formula is C17H22F3NO3. The first kappa shape index (κ1) is 18.6. The summed E-state index contributed by atoms with van der Waals surface area (Å²) in [5.41, 5.74) is 0.374. The fourth-order valence-electron chi connectivity index (χ4n) is 2.86. The van der Waals surface area contributed by atoms with Crippen LogP contribution in [0.1, 0.15) is 36.0 Å². The number of hydrogen-bond donors (Lipinski definition) is 1. The van der Waals surface area contributed by atoms with E-state index in [2.05, 4.69) is 5.32 Å². The molecule has 0 aromatic heterocycles. The molecule has 1 aromatic carbocycles. The highest BCUT2D eigenvalue weighted by Gasteiger charge is 2.42. The summed E-state index contributed by atoms with van der Waals surface area (Å²) >= 11 is 0. The number of amides is 1. The van der Waals surface area contributed by atoms with Crippen molar-refractivity contribution in [1.29, 1.82) is 0 Å². The summed E-state index contributed by atoms with van der Waals surface area (Å²) in [4.78, 5) is 12.3. The van der Waals surface area contributed by atoms with Crippen LogP contribution in [-0.4, -0.2) is 38.4 Å². The molecule has 1 aromatic rings. The van der Waals surface area contributed by atoms with Gasteiger partial charge in [-0.2, -0.15) is 13.2 Å². The topological polar surface area (TPSA) is 47.6 Å². The number of nitrogens with one attached hydrogen (secondary N) is 1. The molecule has 2 atom stereocenters. The van der Waals surface area contributed by atoms with Gasteiger partial charge in [0.2, 0.25) is 0 Å². The molecule has 0 saturated heterocycles. The van der Waals surface area contributed by atoms with Crippen LogP contribution in [0, 0.1) is 5.92 Å². The Morgan fingerprint density at radius 1 is 1.29 bits per heavy atom. The molecule has 1 aliphatic carbocycles. The zero-order valence-electron chi connectivity index (χ0n) is 13.6. The number of halogens is 3. The molecule has 4 nitrogen and oxygen atoms in total. The molecule has 2 unspecified atom stereocenters. The number of alkyl halides is 3. The van der Waals surface area contributed by atoms with E-state index in [0.29, 0.717) is 37.4 Å². The average Bonchev–Trinajstić information content (AvgIpc) is 2.55. The standard InChI is InChI=1S/C17H22F3NO3/c1-23-8-9-24-15-7-2-4-12(10-15)16(22)21-14-6-3-5-13(11-14)17(18,19)20/h2,4,7,10,13-14H,3,5-6,8-9,11H2,1H3,(H,21,22). The minimum absolute atomic E-state index is 0.0563. The molecule has 7 heteroatoms. The van der Waals surface area contributed by atoms with Gasteiger partial charge in [0, 0.05) is 18.7 Å². The fraction of sp³-hybridized carbons (Fsp3) is 0.588. The van der Waals surface area contributed by atoms with Crippen LogP contribution in [0.3, 0.4) is 0 Å². The molecule has 1 aliphatic rings. The molecule has 24 heavy (non-hydrogen) atoms. The lowest BCUT2D eigenvalue weighted by molar-refractivity contribution is -0.183. The van der Waals surface area contributed by atoms with Crippen molar-refractivity contribution < 1.29 is 27.4 Å². The van der Waals surface area contributed by atoms with Gasteiger partial charge >= 0.3 is 6.18 Å². The van der Waals surface area contributed by atoms with Crippen LogP contribution in [0.4, 0.5) is 13.2 Å². The van der Waals surface area contributed by atoms with Gasteiger partial charge in [0.1, 0.15) is 12.4 Å². The molecule has 0 heterocycles. The van der Waals surface area contributed by atoms with Crippen LogP contribution in [0.5, 0.6) is 5.75 Å². The Hall–Kier alpha value is -1.76. The molecule has 0 spiro atoms. The zero-order chi connectivity index (χ0) is 17.6. The van der Waals surface area contributed by atoms with E-state index in [4.69, 9.17) is 9.47 Å². The third kappa shape index (κ3) is 5.40. The first-order chi connectivity index (χ1) is 11.4. The van der Waals surface area contributed by atoms with Crippen molar-refractivity contribution in [3.8, 4) is 5.75 Å².